The molecule has 0 unspecified atom stereocenters. The number of aliphatic carboxylic acids is 1. The van der Waals surface area contributed by atoms with Crippen LogP contribution in [0.15, 0.2) is 35.4 Å². The van der Waals surface area contributed by atoms with Gasteiger partial charge in [0.25, 0.3) is 5.56 Å². The molecule has 2 heterocycles. The number of rotatable bonds is 4. The second-order valence-corrected chi connectivity index (χ2v) is 6.98. The van der Waals surface area contributed by atoms with Crippen LogP contribution in [0.1, 0.15) is 29.8 Å². The van der Waals surface area contributed by atoms with Gasteiger partial charge in [-0.3, -0.25) is 9.36 Å². The minimum absolute atomic E-state index is 0.262. The van der Waals surface area contributed by atoms with Crippen molar-refractivity contribution in [3.63, 3.8) is 0 Å². The van der Waals surface area contributed by atoms with Crippen LogP contribution in [0.5, 0.6) is 0 Å². The van der Waals surface area contributed by atoms with Crippen molar-refractivity contribution in [2.45, 2.75) is 33.2 Å². The summed E-state index contributed by atoms with van der Waals surface area (Å²) in [5.41, 5.74) is 2.56. The van der Waals surface area contributed by atoms with Crippen LogP contribution in [0.2, 0.25) is 0 Å². The van der Waals surface area contributed by atoms with Crippen LogP contribution in [0.3, 0.4) is 0 Å². The number of benzene rings is 1. The predicted octanol–water partition coefficient (Wildman–Crippen LogP) is 2.44. The molecular weight excluding hydrogens is 324 g/mol. The fraction of sp³-hybridized carbons (Fsp3) is 0.278. The van der Waals surface area contributed by atoms with E-state index in [-0.39, 0.29) is 12.0 Å². The first kappa shape index (κ1) is 16.4. The normalized spacial score (nSPS) is 12.5. The van der Waals surface area contributed by atoms with E-state index in [2.05, 4.69) is 4.98 Å². The van der Waals surface area contributed by atoms with Gasteiger partial charge in [-0.15, -0.1) is 11.3 Å². The number of nitrogens with zero attached hydrogens (tertiary/aromatic N) is 2. The molecule has 0 amide bonds. The van der Waals surface area contributed by atoms with Crippen molar-refractivity contribution < 1.29 is 9.90 Å². The first-order valence-electron chi connectivity index (χ1n) is 7.72. The van der Waals surface area contributed by atoms with Crippen molar-refractivity contribution in [3.05, 3.63) is 51.4 Å². The number of aromatic nitrogens is 2. The summed E-state index contributed by atoms with van der Waals surface area (Å²) >= 11 is 1.44. The van der Waals surface area contributed by atoms with E-state index in [4.69, 9.17) is 0 Å². The van der Waals surface area contributed by atoms with Gasteiger partial charge in [0.2, 0.25) is 0 Å². The smallest absolute Gasteiger partial charge is 0.263 e. The van der Waals surface area contributed by atoms with Gasteiger partial charge in [0.15, 0.2) is 0 Å². The number of carboxylic acids is 1. The van der Waals surface area contributed by atoms with Gasteiger partial charge in [-0.25, -0.2) is 4.98 Å². The highest BCUT2D eigenvalue weighted by molar-refractivity contribution is 7.19. The van der Waals surface area contributed by atoms with Crippen LogP contribution in [0, 0.1) is 13.8 Å². The summed E-state index contributed by atoms with van der Waals surface area (Å²) in [6.45, 7) is 5.65. The minimum Gasteiger partial charge on any atom is -0.548 e. The second kappa shape index (κ2) is 6.20. The minimum atomic E-state index is -1.27. The zero-order valence-electron chi connectivity index (χ0n) is 13.7. The van der Waals surface area contributed by atoms with Crippen LogP contribution in [-0.4, -0.2) is 15.5 Å². The number of carboxylic acid groups (broad SMARTS) is 1. The van der Waals surface area contributed by atoms with Crippen LogP contribution in [-0.2, 0) is 4.79 Å². The van der Waals surface area contributed by atoms with Crippen molar-refractivity contribution in [3.8, 4) is 11.1 Å². The van der Waals surface area contributed by atoms with Gasteiger partial charge in [-0.1, -0.05) is 36.8 Å². The summed E-state index contributed by atoms with van der Waals surface area (Å²) < 4.78 is 1.17. The average Bonchev–Trinajstić information content (AvgIpc) is 2.88. The number of hydrogen-bond acceptors (Lipinski definition) is 5. The Morgan fingerprint density at radius 3 is 2.54 bits per heavy atom. The molecule has 1 atom stereocenters. The van der Waals surface area contributed by atoms with Crippen LogP contribution in [0.4, 0.5) is 0 Å². The van der Waals surface area contributed by atoms with E-state index in [1.165, 1.54) is 22.2 Å². The van der Waals surface area contributed by atoms with Crippen LogP contribution < -0.4 is 10.7 Å². The van der Waals surface area contributed by atoms with E-state index in [0.717, 1.165) is 21.6 Å². The van der Waals surface area contributed by atoms with Crippen molar-refractivity contribution in [1.29, 1.82) is 0 Å². The summed E-state index contributed by atoms with van der Waals surface area (Å²) in [5.74, 6) is -1.27. The number of aryl methyl sites for hydroxylation is 2. The molecule has 6 heteroatoms. The maximum absolute atomic E-state index is 12.9. The lowest BCUT2D eigenvalue weighted by Crippen LogP contribution is -2.37. The van der Waals surface area contributed by atoms with Gasteiger partial charge in [0.1, 0.15) is 4.83 Å². The molecule has 0 aliphatic rings. The van der Waals surface area contributed by atoms with Crippen molar-refractivity contribution in [1.82, 2.24) is 9.55 Å². The van der Waals surface area contributed by atoms with E-state index in [9.17, 15) is 14.7 Å². The van der Waals surface area contributed by atoms with Gasteiger partial charge >= 0.3 is 0 Å². The zero-order chi connectivity index (χ0) is 17.4. The first-order valence-corrected chi connectivity index (χ1v) is 8.53. The topological polar surface area (TPSA) is 75.0 Å². The fourth-order valence-electron chi connectivity index (χ4n) is 2.88. The Bertz CT molecular complexity index is 970. The zero-order valence-corrected chi connectivity index (χ0v) is 14.5. The first-order chi connectivity index (χ1) is 11.4. The highest BCUT2D eigenvalue weighted by Gasteiger charge is 2.20. The lowest BCUT2D eigenvalue weighted by Gasteiger charge is -2.18. The highest BCUT2D eigenvalue weighted by Crippen LogP contribution is 2.35. The van der Waals surface area contributed by atoms with Gasteiger partial charge in [-0.05, 0) is 25.8 Å². The van der Waals surface area contributed by atoms with Gasteiger partial charge in [-0.2, -0.15) is 0 Å². The molecule has 3 rings (SSSR count). The summed E-state index contributed by atoms with van der Waals surface area (Å²) in [4.78, 5) is 30.2. The highest BCUT2D eigenvalue weighted by atomic mass is 32.1. The van der Waals surface area contributed by atoms with Crippen LogP contribution >= 0.6 is 11.3 Å². The molecule has 0 N–H and O–H groups in total. The average molecular weight is 341 g/mol. The third kappa shape index (κ3) is 2.63. The molecule has 0 saturated carbocycles. The Labute approximate surface area is 143 Å². The molecular formula is C18H17N2O3S-. The molecule has 0 fully saturated rings. The van der Waals surface area contributed by atoms with Crippen molar-refractivity contribution >= 4 is 27.5 Å². The van der Waals surface area contributed by atoms with E-state index < -0.39 is 12.0 Å². The Morgan fingerprint density at radius 2 is 1.96 bits per heavy atom. The Hall–Kier alpha value is -2.47. The second-order valence-electron chi connectivity index (χ2n) is 5.78. The standard InChI is InChI=1S/C18H18N2O3S/c1-4-13(18(22)23)20-9-19-16-15(17(20)21)14(11(3)24-16)12-7-5-10(2)6-8-12/h5-9,13H,4H2,1-3H3,(H,22,23)/p-1/t13-/m1/s1. The Balaban J connectivity index is 2.31. The molecule has 0 aliphatic heterocycles. The van der Waals surface area contributed by atoms with Gasteiger partial charge < -0.3 is 9.90 Å². The predicted molar refractivity (Wildman–Crippen MR) is 93.1 cm³/mol. The molecule has 0 aliphatic carbocycles. The Kier molecular flexibility index (Phi) is 4.24. The molecule has 5 nitrogen and oxygen atoms in total. The third-order valence-corrected chi connectivity index (χ3v) is 5.16. The summed E-state index contributed by atoms with van der Waals surface area (Å²) in [6, 6.07) is 6.90. The summed E-state index contributed by atoms with van der Waals surface area (Å²) in [7, 11) is 0. The van der Waals surface area contributed by atoms with Gasteiger partial charge in [0, 0.05) is 10.4 Å². The van der Waals surface area contributed by atoms with E-state index in [0.29, 0.717) is 10.2 Å². The quantitative estimate of drug-likeness (QED) is 0.730. The van der Waals surface area contributed by atoms with Crippen molar-refractivity contribution in [2.24, 2.45) is 0 Å². The van der Waals surface area contributed by atoms with Crippen LogP contribution in [0.25, 0.3) is 21.3 Å². The lowest BCUT2D eigenvalue weighted by atomic mass is 10.0. The summed E-state index contributed by atoms with van der Waals surface area (Å²) in [6.07, 6.45) is 1.57. The molecule has 0 saturated heterocycles. The van der Waals surface area contributed by atoms with E-state index >= 15 is 0 Å². The lowest BCUT2D eigenvalue weighted by molar-refractivity contribution is -0.310. The molecule has 0 spiro atoms. The molecule has 0 bridgehead atoms. The molecule has 1 aromatic carbocycles. The third-order valence-electron chi connectivity index (χ3n) is 4.15. The largest absolute Gasteiger partial charge is 0.548 e. The van der Waals surface area contributed by atoms with E-state index in [1.807, 2.05) is 38.1 Å². The molecule has 0 radical (unpaired) electrons. The molecule has 24 heavy (non-hydrogen) atoms. The number of carbonyl (C=O) groups is 1. The number of carbonyl (C=O) groups excluding carboxylic acids is 1. The number of fused-ring (bicyclic) bond motifs is 1. The fourth-order valence-corrected chi connectivity index (χ4v) is 3.89. The van der Waals surface area contributed by atoms with Gasteiger partial charge in [0.05, 0.1) is 23.7 Å². The maximum Gasteiger partial charge on any atom is 0.263 e. The monoisotopic (exact) mass is 341 g/mol. The molecule has 2 aromatic heterocycles. The SMILES string of the molecule is CC[C@H](C(=O)[O-])n1cnc2sc(C)c(-c3ccc(C)cc3)c2c1=O. The molecule has 124 valence electrons. The number of hydrogen-bond donors (Lipinski definition) is 0. The molecule has 3 aromatic rings. The van der Waals surface area contributed by atoms with E-state index in [1.54, 1.807) is 6.92 Å². The van der Waals surface area contributed by atoms with Crippen molar-refractivity contribution in [2.75, 3.05) is 0 Å². The summed E-state index contributed by atoms with van der Waals surface area (Å²) in [5, 5.41) is 11.8. The number of thiophene rings is 1. The maximum atomic E-state index is 12.9. The Morgan fingerprint density at radius 1 is 1.29 bits per heavy atom.